The van der Waals surface area contributed by atoms with Crippen LogP contribution in [0.3, 0.4) is 0 Å². The minimum Gasteiger partial charge on any atom is -0.313 e. The fourth-order valence-corrected chi connectivity index (χ4v) is 2.56. The van der Waals surface area contributed by atoms with Crippen LogP contribution in [0.1, 0.15) is 17.2 Å². The molecule has 1 N–H and O–H groups in total. The molecule has 0 aliphatic rings. The van der Waals surface area contributed by atoms with Crippen LogP contribution in [0, 0.1) is 23.3 Å². The van der Waals surface area contributed by atoms with Crippen LogP contribution < -0.4 is 5.32 Å². The maximum Gasteiger partial charge on any atom is 0.137 e. The van der Waals surface area contributed by atoms with Crippen molar-refractivity contribution in [2.75, 3.05) is 7.05 Å². The minimum absolute atomic E-state index is 0.231. The highest BCUT2D eigenvalue weighted by atomic mass is 79.9. The number of rotatable bonds is 4. The van der Waals surface area contributed by atoms with Gasteiger partial charge in [-0.1, -0.05) is 6.07 Å². The summed E-state index contributed by atoms with van der Waals surface area (Å²) in [6, 6.07) is 4.93. The Morgan fingerprint density at radius 2 is 1.62 bits per heavy atom. The van der Waals surface area contributed by atoms with Gasteiger partial charge in [-0.2, -0.15) is 0 Å². The molecule has 0 bridgehead atoms. The molecule has 2 rings (SSSR count). The van der Waals surface area contributed by atoms with Crippen LogP contribution in [0.2, 0.25) is 0 Å². The molecule has 6 heteroatoms. The van der Waals surface area contributed by atoms with Gasteiger partial charge >= 0.3 is 0 Å². The van der Waals surface area contributed by atoms with Crippen molar-refractivity contribution in [3.8, 4) is 0 Å². The van der Waals surface area contributed by atoms with Gasteiger partial charge in [-0.25, -0.2) is 17.6 Å². The highest BCUT2D eigenvalue weighted by Gasteiger charge is 2.20. The second-order valence-corrected chi connectivity index (χ2v) is 5.43. The van der Waals surface area contributed by atoms with Crippen LogP contribution in [-0.2, 0) is 6.42 Å². The van der Waals surface area contributed by atoms with E-state index in [2.05, 4.69) is 21.2 Å². The molecule has 1 unspecified atom stereocenters. The normalized spacial score (nSPS) is 12.5. The molecule has 112 valence electrons. The predicted octanol–water partition coefficient (Wildman–Crippen LogP) is 4.51. The highest BCUT2D eigenvalue weighted by Crippen LogP contribution is 2.26. The van der Waals surface area contributed by atoms with Crippen molar-refractivity contribution in [3.05, 3.63) is 69.2 Å². The molecule has 0 radical (unpaired) electrons. The van der Waals surface area contributed by atoms with Crippen molar-refractivity contribution in [2.45, 2.75) is 12.5 Å². The molecule has 21 heavy (non-hydrogen) atoms. The second kappa shape index (κ2) is 6.58. The molecule has 0 aliphatic carbocycles. The van der Waals surface area contributed by atoms with Crippen LogP contribution in [0.5, 0.6) is 0 Å². The first-order chi connectivity index (χ1) is 9.92. The van der Waals surface area contributed by atoms with E-state index in [1.807, 2.05) is 0 Å². The van der Waals surface area contributed by atoms with Gasteiger partial charge < -0.3 is 5.32 Å². The van der Waals surface area contributed by atoms with Gasteiger partial charge in [0.2, 0.25) is 0 Å². The van der Waals surface area contributed by atoms with Gasteiger partial charge in [-0.05, 0) is 47.1 Å². The summed E-state index contributed by atoms with van der Waals surface area (Å²) in [4.78, 5) is 0. The highest BCUT2D eigenvalue weighted by molar-refractivity contribution is 9.10. The van der Waals surface area contributed by atoms with Gasteiger partial charge in [-0.3, -0.25) is 0 Å². The van der Waals surface area contributed by atoms with E-state index in [0.717, 1.165) is 0 Å². The van der Waals surface area contributed by atoms with Gasteiger partial charge in [0.1, 0.15) is 23.3 Å². The van der Waals surface area contributed by atoms with Gasteiger partial charge in [0.05, 0.1) is 4.47 Å². The van der Waals surface area contributed by atoms with E-state index in [-0.39, 0.29) is 16.5 Å². The summed E-state index contributed by atoms with van der Waals surface area (Å²) in [7, 11) is 1.55. The first-order valence-corrected chi connectivity index (χ1v) is 6.97. The fraction of sp³-hybridized carbons (Fsp3) is 0.200. The number of benzene rings is 2. The Morgan fingerprint density at radius 3 is 2.14 bits per heavy atom. The van der Waals surface area contributed by atoms with E-state index in [0.29, 0.717) is 17.7 Å². The molecular formula is C15H12BrF4N. The molecule has 0 saturated carbocycles. The number of hydrogen-bond donors (Lipinski definition) is 1. The van der Waals surface area contributed by atoms with Gasteiger partial charge in [0.15, 0.2) is 0 Å². The first-order valence-electron chi connectivity index (χ1n) is 6.18. The van der Waals surface area contributed by atoms with Crippen LogP contribution in [0.15, 0.2) is 34.8 Å². The Bertz CT molecular complexity index is 637. The SMILES string of the molecule is CNC(Cc1ccc(F)c(Br)c1)c1c(F)cc(F)cc1F. The Morgan fingerprint density at radius 1 is 1.00 bits per heavy atom. The summed E-state index contributed by atoms with van der Waals surface area (Å²) in [5, 5.41) is 2.79. The van der Waals surface area contributed by atoms with Crippen LogP contribution in [0.25, 0.3) is 0 Å². The van der Waals surface area contributed by atoms with Crippen molar-refractivity contribution >= 4 is 15.9 Å². The number of nitrogens with one attached hydrogen (secondary N) is 1. The largest absolute Gasteiger partial charge is 0.313 e. The lowest BCUT2D eigenvalue weighted by atomic mass is 9.98. The third kappa shape index (κ3) is 3.63. The summed E-state index contributed by atoms with van der Waals surface area (Å²) in [6.07, 6.45) is 0.231. The Labute approximate surface area is 128 Å². The summed E-state index contributed by atoms with van der Waals surface area (Å²) in [5.41, 5.74) is 0.449. The maximum absolute atomic E-state index is 13.8. The molecule has 1 atom stereocenters. The van der Waals surface area contributed by atoms with Crippen molar-refractivity contribution in [2.24, 2.45) is 0 Å². The fourth-order valence-electron chi connectivity index (χ4n) is 2.14. The zero-order valence-electron chi connectivity index (χ0n) is 11.1. The quantitative estimate of drug-likeness (QED) is 0.790. The average Bonchev–Trinajstić information content (AvgIpc) is 2.40. The van der Waals surface area contributed by atoms with Crippen LogP contribution in [-0.4, -0.2) is 7.05 Å². The van der Waals surface area contributed by atoms with Crippen LogP contribution in [0.4, 0.5) is 17.6 Å². The lowest BCUT2D eigenvalue weighted by Gasteiger charge is -2.18. The first kappa shape index (κ1) is 16.0. The van der Waals surface area contributed by atoms with E-state index in [4.69, 9.17) is 0 Å². The maximum atomic E-state index is 13.8. The molecule has 0 saturated heterocycles. The molecule has 2 aromatic carbocycles. The van der Waals surface area contributed by atoms with Crippen LogP contribution >= 0.6 is 15.9 Å². The molecule has 0 amide bonds. The zero-order chi connectivity index (χ0) is 15.6. The Hall–Kier alpha value is -1.40. The third-order valence-electron chi connectivity index (χ3n) is 3.16. The number of hydrogen-bond acceptors (Lipinski definition) is 1. The predicted molar refractivity (Wildman–Crippen MR) is 75.9 cm³/mol. The van der Waals surface area contributed by atoms with Crippen molar-refractivity contribution < 1.29 is 17.6 Å². The second-order valence-electron chi connectivity index (χ2n) is 4.58. The van der Waals surface area contributed by atoms with E-state index >= 15 is 0 Å². The van der Waals surface area contributed by atoms with Gasteiger partial charge in [0, 0.05) is 23.7 Å². The summed E-state index contributed by atoms with van der Waals surface area (Å²) >= 11 is 3.06. The van der Waals surface area contributed by atoms with E-state index in [9.17, 15) is 17.6 Å². The topological polar surface area (TPSA) is 12.0 Å². The smallest absolute Gasteiger partial charge is 0.137 e. The Kier molecular flexibility index (Phi) is 5.00. The lowest BCUT2D eigenvalue weighted by Crippen LogP contribution is -2.21. The molecular weight excluding hydrogens is 350 g/mol. The molecule has 0 heterocycles. The summed E-state index contributed by atoms with van der Waals surface area (Å²) in [6.45, 7) is 0. The van der Waals surface area contributed by atoms with Crippen molar-refractivity contribution in [1.82, 2.24) is 5.32 Å². The monoisotopic (exact) mass is 361 g/mol. The molecule has 1 nitrogen and oxygen atoms in total. The summed E-state index contributed by atoms with van der Waals surface area (Å²) < 4.78 is 54.0. The Balaban J connectivity index is 2.34. The summed E-state index contributed by atoms with van der Waals surface area (Å²) in [5.74, 6) is -3.28. The molecule has 2 aromatic rings. The number of halogens is 5. The molecule has 0 spiro atoms. The number of likely N-dealkylation sites (N-methyl/N-ethyl adjacent to an activating group) is 1. The standard InChI is InChI=1S/C15H12BrF4N/c1-21-14(5-8-2-3-11(18)10(16)4-8)15-12(19)6-9(17)7-13(15)20/h2-4,6-7,14,21H,5H2,1H3. The van der Waals surface area contributed by atoms with Gasteiger partial charge in [-0.15, -0.1) is 0 Å². The third-order valence-corrected chi connectivity index (χ3v) is 3.77. The van der Waals surface area contributed by atoms with E-state index in [1.54, 1.807) is 13.1 Å². The van der Waals surface area contributed by atoms with Crippen molar-refractivity contribution in [1.29, 1.82) is 0 Å². The lowest BCUT2D eigenvalue weighted by molar-refractivity contribution is 0.475. The zero-order valence-corrected chi connectivity index (χ0v) is 12.6. The van der Waals surface area contributed by atoms with Gasteiger partial charge in [0.25, 0.3) is 0 Å². The molecule has 0 aliphatic heterocycles. The minimum atomic E-state index is -0.965. The van der Waals surface area contributed by atoms with Crippen molar-refractivity contribution in [3.63, 3.8) is 0 Å². The molecule has 0 aromatic heterocycles. The van der Waals surface area contributed by atoms with E-state index < -0.39 is 29.3 Å². The molecule has 0 fully saturated rings. The average molecular weight is 362 g/mol. The van der Waals surface area contributed by atoms with E-state index in [1.165, 1.54) is 12.1 Å².